The van der Waals surface area contributed by atoms with Gasteiger partial charge in [-0.25, -0.2) is 9.90 Å². The predicted octanol–water partition coefficient (Wildman–Crippen LogP) is 1.47. The zero-order valence-electron chi connectivity index (χ0n) is 6.90. The Kier molecular flexibility index (Phi) is 2.85. The fraction of sp³-hybridized carbons (Fsp3) is 0.222. The molecule has 13 heavy (non-hydrogen) atoms. The van der Waals surface area contributed by atoms with Crippen molar-refractivity contribution in [3.05, 3.63) is 35.0 Å². The van der Waals surface area contributed by atoms with Crippen molar-refractivity contribution in [1.82, 2.24) is 0 Å². The van der Waals surface area contributed by atoms with E-state index in [-0.39, 0.29) is 6.42 Å². The second-order valence-electron chi connectivity index (χ2n) is 2.62. The number of hydrogen-bond donors (Lipinski definition) is 1. The number of carbonyl (C=O) groups excluding carboxylic acids is 1. The Morgan fingerprint density at radius 1 is 1.77 bits per heavy atom. The van der Waals surface area contributed by atoms with E-state index in [1.807, 2.05) is 0 Å². The van der Waals surface area contributed by atoms with Gasteiger partial charge >= 0.3 is 5.97 Å². The van der Waals surface area contributed by atoms with Gasteiger partial charge < -0.3 is 5.11 Å². The van der Waals surface area contributed by atoms with Gasteiger partial charge in [0.2, 0.25) is 5.60 Å². The fourth-order valence-corrected chi connectivity index (χ4v) is 1.83. The molecule has 0 amide bonds. The average Bonchev–Trinajstić information content (AvgIpc) is 2.56. The lowest BCUT2D eigenvalue weighted by atomic mass is 9.98. The molecule has 0 aliphatic carbocycles. The smallest absolute Gasteiger partial charge is 0.373 e. The van der Waals surface area contributed by atoms with Gasteiger partial charge in [-0.2, -0.15) is 0 Å². The molecule has 1 unspecified atom stereocenters. The lowest BCUT2D eigenvalue weighted by Crippen LogP contribution is -2.33. The van der Waals surface area contributed by atoms with Gasteiger partial charge in [0.25, 0.3) is 0 Å². The lowest BCUT2D eigenvalue weighted by Gasteiger charge is -2.18. The van der Waals surface area contributed by atoms with Crippen LogP contribution < -0.4 is 0 Å². The molecule has 1 aromatic rings. The molecule has 1 radical (unpaired) electrons. The minimum absolute atomic E-state index is 0.0458. The minimum atomic E-state index is -1.92. The Labute approximate surface area is 80.0 Å². The summed E-state index contributed by atoms with van der Waals surface area (Å²) in [7, 11) is 0. The molecule has 1 atom stereocenters. The van der Waals surface area contributed by atoms with Crippen LogP contribution in [0.5, 0.6) is 0 Å². The van der Waals surface area contributed by atoms with E-state index in [1.165, 1.54) is 17.4 Å². The predicted molar refractivity (Wildman–Crippen MR) is 48.7 cm³/mol. The molecule has 0 aliphatic heterocycles. The maximum Gasteiger partial charge on any atom is 0.392 e. The summed E-state index contributed by atoms with van der Waals surface area (Å²) >= 11 is 1.18. The summed E-state index contributed by atoms with van der Waals surface area (Å²) in [6, 6.07) is 3.24. The van der Waals surface area contributed by atoms with E-state index in [0.29, 0.717) is 4.88 Å². The van der Waals surface area contributed by atoms with E-state index in [9.17, 15) is 15.0 Å². The summed E-state index contributed by atoms with van der Waals surface area (Å²) in [6.07, 6.45) is 1.31. The molecule has 3 nitrogen and oxygen atoms in total. The Hall–Kier alpha value is -1.13. The van der Waals surface area contributed by atoms with Crippen molar-refractivity contribution in [1.29, 1.82) is 0 Å². The summed E-state index contributed by atoms with van der Waals surface area (Å²) in [5.74, 6) is -1.49. The van der Waals surface area contributed by atoms with Crippen molar-refractivity contribution < 1.29 is 15.0 Å². The number of hydrogen-bond acceptors (Lipinski definition) is 3. The van der Waals surface area contributed by atoms with Crippen LogP contribution in [-0.4, -0.2) is 11.1 Å². The van der Waals surface area contributed by atoms with Crippen LogP contribution in [0.15, 0.2) is 30.2 Å². The molecule has 1 rings (SSSR count). The highest BCUT2D eigenvalue weighted by Crippen LogP contribution is 2.29. The molecule has 1 heterocycles. The molecule has 0 aliphatic rings. The van der Waals surface area contributed by atoms with Gasteiger partial charge in [-0.05, 0) is 11.4 Å². The molecule has 69 valence electrons. The summed E-state index contributed by atoms with van der Waals surface area (Å²) in [6.45, 7) is 3.39. The van der Waals surface area contributed by atoms with Crippen LogP contribution in [0.1, 0.15) is 11.3 Å². The van der Waals surface area contributed by atoms with E-state index in [2.05, 4.69) is 6.58 Å². The van der Waals surface area contributed by atoms with Crippen LogP contribution >= 0.6 is 11.3 Å². The third kappa shape index (κ3) is 1.79. The number of aliphatic hydroxyl groups is 1. The third-order valence-corrected chi connectivity index (χ3v) is 2.73. The van der Waals surface area contributed by atoms with Crippen molar-refractivity contribution in [2.24, 2.45) is 0 Å². The third-order valence-electron chi connectivity index (χ3n) is 1.71. The molecule has 0 fully saturated rings. The second-order valence-corrected chi connectivity index (χ2v) is 3.57. The Bertz CT molecular complexity index is 305. The monoisotopic (exact) mass is 197 g/mol. The quantitative estimate of drug-likeness (QED) is 0.743. The van der Waals surface area contributed by atoms with Crippen LogP contribution in [0, 0.1) is 0 Å². The molecule has 0 aromatic carbocycles. The maximum absolute atomic E-state index is 10.7. The zero-order chi connectivity index (χ0) is 9.90. The molecule has 0 bridgehead atoms. The second kappa shape index (κ2) is 3.72. The number of carbonyl (C=O) groups is 1. The minimum Gasteiger partial charge on any atom is -0.373 e. The highest BCUT2D eigenvalue weighted by atomic mass is 32.1. The van der Waals surface area contributed by atoms with Crippen LogP contribution in [0.25, 0.3) is 0 Å². The summed E-state index contributed by atoms with van der Waals surface area (Å²) < 4.78 is 0. The highest BCUT2D eigenvalue weighted by molar-refractivity contribution is 7.10. The van der Waals surface area contributed by atoms with E-state index in [0.717, 1.165) is 0 Å². The van der Waals surface area contributed by atoms with E-state index >= 15 is 0 Å². The van der Waals surface area contributed by atoms with Gasteiger partial charge in [-0.15, -0.1) is 17.9 Å². The van der Waals surface area contributed by atoms with Crippen LogP contribution in [-0.2, 0) is 15.5 Å². The van der Waals surface area contributed by atoms with Gasteiger partial charge in [0, 0.05) is 11.3 Å². The molecular formula is C9H9O3S. The molecule has 1 aromatic heterocycles. The molecule has 0 saturated carbocycles. The van der Waals surface area contributed by atoms with Gasteiger partial charge in [-0.1, -0.05) is 12.1 Å². The van der Waals surface area contributed by atoms with Crippen molar-refractivity contribution in [3.63, 3.8) is 0 Å². The van der Waals surface area contributed by atoms with Crippen LogP contribution in [0.4, 0.5) is 0 Å². The van der Waals surface area contributed by atoms with Gasteiger partial charge in [0.1, 0.15) is 0 Å². The fourth-order valence-electron chi connectivity index (χ4n) is 1.01. The lowest BCUT2D eigenvalue weighted by molar-refractivity contribution is -0.165. The molecule has 0 saturated heterocycles. The number of thiophene rings is 1. The largest absolute Gasteiger partial charge is 0.392 e. The van der Waals surface area contributed by atoms with Crippen molar-refractivity contribution in [2.45, 2.75) is 12.0 Å². The number of rotatable bonds is 4. The Morgan fingerprint density at radius 3 is 2.85 bits per heavy atom. The van der Waals surface area contributed by atoms with Crippen molar-refractivity contribution >= 4 is 17.3 Å². The topological polar surface area (TPSA) is 57.2 Å². The SMILES string of the molecule is C=CCC(O)(C([O])=O)c1cccs1. The van der Waals surface area contributed by atoms with Gasteiger partial charge in [0.05, 0.1) is 0 Å². The first kappa shape index (κ1) is 9.95. The highest BCUT2D eigenvalue weighted by Gasteiger charge is 2.39. The molecule has 1 N–H and O–H groups in total. The van der Waals surface area contributed by atoms with Crippen molar-refractivity contribution in [3.8, 4) is 0 Å². The first-order valence-corrected chi connectivity index (χ1v) is 4.58. The van der Waals surface area contributed by atoms with E-state index < -0.39 is 11.6 Å². The van der Waals surface area contributed by atoms with E-state index in [4.69, 9.17) is 0 Å². The molecule has 0 spiro atoms. The summed E-state index contributed by atoms with van der Waals surface area (Å²) in [4.78, 5) is 11.1. The summed E-state index contributed by atoms with van der Waals surface area (Å²) in [5, 5.41) is 22.1. The Balaban J connectivity index is 3.05. The van der Waals surface area contributed by atoms with Gasteiger partial charge in [-0.3, -0.25) is 0 Å². The first-order chi connectivity index (χ1) is 6.11. The Morgan fingerprint density at radius 2 is 2.46 bits per heavy atom. The first-order valence-electron chi connectivity index (χ1n) is 3.70. The molecule has 4 heteroatoms. The van der Waals surface area contributed by atoms with E-state index in [1.54, 1.807) is 17.5 Å². The normalized spacial score (nSPS) is 14.8. The molecular weight excluding hydrogens is 188 g/mol. The van der Waals surface area contributed by atoms with Crippen molar-refractivity contribution in [2.75, 3.05) is 0 Å². The standard InChI is InChI=1S/C9H9O3S/c1-2-5-9(12,8(10)11)7-4-3-6-13-7/h2-4,6,12H,1,5H2. The van der Waals surface area contributed by atoms with Crippen LogP contribution in [0.2, 0.25) is 0 Å². The van der Waals surface area contributed by atoms with Crippen LogP contribution in [0.3, 0.4) is 0 Å². The maximum atomic E-state index is 10.7. The van der Waals surface area contributed by atoms with Gasteiger partial charge in [0.15, 0.2) is 0 Å². The summed E-state index contributed by atoms with van der Waals surface area (Å²) in [5.41, 5.74) is -1.92. The zero-order valence-corrected chi connectivity index (χ0v) is 7.71. The average molecular weight is 197 g/mol.